The molecule has 136 valence electrons. The minimum absolute atomic E-state index is 0.0649. The lowest BCUT2D eigenvalue weighted by Crippen LogP contribution is -2.23. The molecule has 0 bridgehead atoms. The van der Waals surface area contributed by atoms with E-state index in [9.17, 15) is 9.18 Å². The first-order valence-corrected chi connectivity index (χ1v) is 9.39. The van der Waals surface area contributed by atoms with E-state index in [4.69, 9.17) is 4.74 Å². The van der Waals surface area contributed by atoms with E-state index in [-0.39, 0.29) is 11.7 Å². The average molecular weight is 426 g/mol. The van der Waals surface area contributed by atoms with Gasteiger partial charge in [0.25, 0.3) is 5.91 Å². The zero-order valence-corrected chi connectivity index (χ0v) is 16.3. The van der Waals surface area contributed by atoms with Crippen molar-refractivity contribution in [3.8, 4) is 11.5 Å². The van der Waals surface area contributed by atoms with Gasteiger partial charge in [-0.2, -0.15) is 0 Å². The Labute approximate surface area is 165 Å². The lowest BCUT2D eigenvalue weighted by molar-refractivity contribution is 0.0766. The second-order valence-corrected chi connectivity index (χ2v) is 7.54. The van der Waals surface area contributed by atoms with E-state index < -0.39 is 0 Å². The van der Waals surface area contributed by atoms with Crippen molar-refractivity contribution in [2.24, 2.45) is 0 Å². The number of fused-ring (bicyclic) bond motifs is 1. The molecule has 5 heteroatoms. The summed E-state index contributed by atoms with van der Waals surface area (Å²) in [4.78, 5) is 14.6. The van der Waals surface area contributed by atoms with Crippen LogP contribution in [0.1, 0.15) is 27.0 Å². The number of carbonyl (C=O) groups excluding carboxylic acids is 1. The molecule has 0 aliphatic carbocycles. The Morgan fingerprint density at radius 1 is 1.07 bits per heavy atom. The van der Waals surface area contributed by atoms with Gasteiger partial charge in [-0.05, 0) is 60.0 Å². The van der Waals surface area contributed by atoms with Gasteiger partial charge in [-0.1, -0.05) is 34.1 Å². The van der Waals surface area contributed by atoms with Gasteiger partial charge in [0.1, 0.15) is 17.3 Å². The lowest BCUT2D eigenvalue weighted by Gasteiger charge is -2.16. The average Bonchev–Trinajstić information content (AvgIpc) is 2.92. The number of ether oxygens (including phenoxy) is 1. The number of rotatable bonds is 4. The van der Waals surface area contributed by atoms with Gasteiger partial charge < -0.3 is 9.64 Å². The van der Waals surface area contributed by atoms with Crippen molar-refractivity contribution in [3.63, 3.8) is 0 Å². The zero-order chi connectivity index (χ0) is 19.0. The third-order valence-corrected chi connectivity index (χ3v) is 5.03. The summed E-state index contributed by atoms with van der Waals surface area (Å²) < 4.78 is 19.9. The van der Waals surface area contributed by atoms with Crippen LogP contribution >= 0.6 is 15.9 Å². The maximum absolute atomic E-state index is 13.2. The van der Waals surface area contributed by atoms with Gasteiger partial charge in [-0.3, -0.25) is 4.79 Å². The molecule has 1 heterocycles. The highest BCUT2D eigenvalue weighted by Crippen LogP contribution is 2.30. The molecule has 27 heavy (non-hydrogen) atoms. The second-order valence-electron chi connectivity index (χ2n) is 6.62. The number of aryl methyl sites for hydroxylation is 1. The molecule has 0 atom stereocenters. The molecule has 0 spiro atoms. The Hall–Kier alpha value is -2.66. The van der Waals surface area contributed by atoms with Crippen LogP contribution in [0.15, 0.2) is 65.1 Å². The maximum atomic E-state index is 13.2. The largest absolute Gasteiger partial charge is 0.457 e. The fraction of sp³-hybridized carbons (Fsp3) is 0.136. The minimum atomic E-state index is -0.335. The first-order valence-electron chi connectivity index (χ1n) is 8.60. The molecule has 0 saturated carbocycles. The highest BCUT2D eigenvalue weighted by molar-refractivity contribution is 9.10. The Kier molecular flexibility index (Phi) is 4.70. The summed E-state index contributed by atoms with van der Waals surface area (Å²) in [6, 6.07) is 17.5. The van der Waals surface area contributed by atoms with Gasteiger partial charge >= 0.3 is 0 Å². The molecule has 1 amide bonds. The summed E-state index contributed by atoms with van der Waals surface area (Å²) in [5.74, 6) is 0.808. The number of halogens is 2. The van der Waals surface area contributed by atoms with Crippen LogP contribution in [-0.2, 0) is 13.1 Å². The van der Waals surface area contributed by atoms with Gasteiger partial charge in [0.05, 0.1) is 0 Å². The molecule has 0 N–H and O–H groups in total. The Morgan fingerprint density at radius 2 is 1.85 bits per heavy atom. The van der Waals surface area contributed by atoms with E-state index in [0.29, 0.717) is 24.6 Å². The van der Waals surface area contributed by atoms with Crippen LogP contribution in [-0.4, -0.2) is 10.8 Å². The van der Waals surface area contributed by atoms with Crippen LogP contribution in [0.3, 0.4) is 0 Å². The smallest absolute Gasteiger partial charge is 0.255 e. The van der Waals surface area contributed by atoms with Crippen LogP contribution in [0.4, 0.5) is 4.39 Å². The van der Waals surface area contributed by atoms with Crippen molar-refractivity contribution in [1.29, 1.82) is 0 Å². The number of amides is 1. The van der Waals surface area contributed by atoms with E-state index in [0.717, 1.165) is 26.7 Å². The van der Waals surface area contributed by atoms with Gasteiger partial charge in [-0.15, -0.1) is 0 Å². The molecule has 0 aromatic heterocycles. The first-order chi connectivity index (χ1) is 13.0. The van der Waals surface area contributed by atoms with E-state index in [2.05, 4.69) is 15.9 Å². The number of nitrogens with zero attached hydrogens (tertiary/aromatic N) is 1. The third-order valence-electron chi connectivity index (χ3n) is 4.57. The van der Waals surface area contributed by atoms with E-state index in [1.165, 1.54) is 12.1 Å². The number of hydrogen-bond donors (Lipinski definition) is 0. The fourth-order valence-corrected chi connectivity index (χ4v) is 3.98. The standard InChI is InChI=1S/C22H17BrFNO2/c1-14-9-17(23)10-16-13-25(22(26)21(14)16)12-15-5-7-19(8-6-15)27-20-4-2-3-18(24)11-20/h2-11H,12-13H2,1H3. The highest BCUT2D eigenvalue weighted by atomic mass is 79.9. The zero-order valence-electron chi connectivity index (χ0n) is 14.7. The van der Waals surface area contributed by atoms with E-state index >= 15 is 0 Å². The van der Waals surface area contributed by atoms with Crippen molar-refractivity contribution >= 4 is 21.8 Å². The van der Waals surface area contributed by atoms with Crippen LogP contribution in [0.5, 0.6) is 11.5 Å². The molecule has 1 aliphatic heterocycles. The summed E-state index contributed by atoms with van der Waals surface area (Å²) in [5.41, 5.74) is 3.87. The van der Waals surface area contributed by atoms with Gasteiger partial charge in [-0.25, -0.2) is 4.39 Å². The van der Waals surface area contributed by atoms with Gasteiger partial charge in [0, 0.05) is 29.2 Å². The molecule has 0 radical (unpaired) electrons. The lowest BCUT2D eigenvalue weighted by atomic mass is 10.0. The second kappa shape index (κ2) is 7.16. The SMILES string of the molecule is Cc1cc(Br)cc2c1C(=O)N(Cc1ccc(Oc3cccc(F)c3)cc1)C2. The number of hydrogen-bond acceptors (Lipinski definition) is 2. The summed E-state index contributed by atoms with van der Waals surface area (Å²) in [6.45, 7) is 3.10. The van der Waals surface area contributed by atoms with Gasteiger partial charge in [0.2, 0.25) is 0 Å². The van der Waals surface area contributed by atoms with Crippen LogP contribution in [0, 0.1) is 12.7 Å². The number of carbonyl (C=O) groups is 1. The first kappa shape index (κ1) is 17.7. The van der Waals surface area contributed by atoms with E-state index in [1.54, 1.807) is 12.1 Å². The molecule has 4 rings (SSSR count). The Morgan fingerprint density at radius 3 is 2.59 bits per heavy atom. The minimum Gasteiger partial charge on any atom is -0.457 e. The monoisotopic (exact) mass is 425 g/mol. The molecule has 0 fully saturated rings. The molecule has 3 aromatic carbocycles. The van der Waals surface area contributed by atoms with Gasteiger partial charge in [0.15, 0.2) is 0 Å². The molecular weight excluding hydrogens is 409 g/mol. The highest BCUT2D eigenvalue weighted by Gasteiger charge is 2.29. The summed E-state index contributed by atoms with van der Waals surface area (Å²) in [6.07, 6.45) is 0. The maximum Gasteiger partial charge on any atom is 0.255 e. The van der Waals surface area contributed by atoms with Crippen molar-refractivity contribution in [3.05, 3.63) is 93.2 Å². The van der Waals surface area contributed by atoms with Crippen molar-refractivity contribution in [2.45, 2.75) is 20.0 Å². The Balaban J connectivity index is 1.46. The molecule has 0 unspecified atom stereocenters. The predicted octanol–water partition coefficient (Wildman–Crippen LogP) is 5.84. The van der Waals surface area contributed by atoms with Crippen LogP contribution in [0.2, 0.25) is 0 Å². The predicted molar refractivity (Wildman–Crippen MR) is 105 cm³/mol. The summed E-state index contributed by atoms with van der Waals surface area (Å²) in [5, 5.41) is 0. The van der Waals surface area contributed by atoms with E-state index in [1.807, 2.05) is 48.2 Å². The van der Waals surface area contributed by atoms with Crippen LogP contribution in [0.25, 0.3) is 0 Å². The summed E-state index contributed by atoms with van der Waals surface area (Å²) in [7, 11) is 0. The van der Waals surface area contributed by atoms with Crippen molar-refractivity contribution in [1.82, 2.24) is 4.90 Å². The fourth-order valence-electron chi connectivity index (χ4n) is 3.36. The molecule has 0 saturated heterocycles. The van der Waals surface area contributed by atoms with Crippen molar-refractivity contribution in [2.75, 3.05) is 0 Å². The molecule has 3 aromatic rings. The Bertz CT molecular complexity index is 1020. The quantitative estimate of drug-likeness (QED) is 0.524. The van der Waals surface area contributed by atoms with Crippen LogP contribution < -0.4 is 4.74 Å². The molecular formula is C22H17BrFNO2. The normalized spacial score (nSPS) is 13.0. The third kappa shape index (κ3) is 3.74. The molecule has 3 nitrogen and oxygen atoms in total. The number of benzene rings is 3. The van der Waals surface area contributed by atoms with Crippen molar-refractivity contribution < 1.29 is 13.9 Å². The summed E-state index contributed by atoms with van der Waals surface area (Å²) >= 11 is 3.49. The molecule has 1 aliphatic rings. The topological polar surface area (TPSA) is 29.5 Å².